The van der Waals surface area contributed by atoms with Crippen LogP contribution in [-0.2, 0) is 4.79 Å². The fourth-order valence-electron chi connectivity index (χ4n) is 2.18. The highest BCUT2D eigenvalue weighted by molar-refractivity contribution is 6.14. The minimum absolute atomic E-state index is 0.00306. The Kier molecular flexibility index (Phi) is 4.32. The molecule has 0 amide bonds. The van der Waals surface area contributed by atoms with Gasteiger partial charge in [-0.15, -0.1) is 0 Å². The van der Waals surface area contributed by atoms with Crippen molar-refractivity contribution in [1.29, 1.82) is 0 Å². The minimum Gasteiger partial charge on any atom is -0.478 e. The van der Waals surface area contributed by atoms with Crippen LogP contribution >= 0.6 is 0 Å². The molecule has 3 N–H and O–H groups in total. The molecule has 0 aliphatic heterocycles. The molecule has 0 heterocycles. The third-order valence-electron chi connectivity index (χ3n) is 3.16. The molecule has 0 aromatic heterocycles. The molecule has 0 unspecified atom stereocenters. The van der Waals surface area contributed by atoms with Gasteiger partial charge in [0.25, 0.3) is 0 Å². The molecule has 24 heavy (non-hydrogen) atoms. The standard InChI is InChI=1S/C16H10O8/c1-2-11(17)24-10-6-8-5-7(14(18)19)3-4-9(8)12(15(20)21)13(10)16(22)23/h2-6H,1H2,(H,18,19)(H,20,21)(H,22,23). The van der Waals surface area contributed by atoms with Crippen molar-refractivity contribution in [1.82, 2.24) is 0 Å². The van der Waals surface area contributed by atoms with E-state index in [-0.39, 0.29) is 16.3 Å². The largest absolute Gasteiger partial charge is 0.478 e. The fraction of sp³-hybridized carbons (Fsp3) is 0. The zero-order valence-corrected chi connectivity index (χ0v) is 12.0. The Morgan fingerprint density at radius 1 is 0.917 bits per heavy atom. The zero-order valence-electron chi connectivity index (χ0n) is 12.0. The van der Waals surface area contributed by atoms with Crippen molar-refractivity contribution >= 4 is 34.6 Å². The lowest BCUT2D eigenvalue weighted by molar-refractivity contribution is -0.128. The van der Waals surface area contributed by atoms with Gasteiger partial charge in [0.2, 0.25) is 0 Å². The van der Waals surface area contributed by atoms with Crippen LogP contribution < -0.4 is 4.74 Å². The Bertz CT molecular complexity index is 910. The van der Waals surface area contributed by atoms with Gasteiger partial charge >= 0.3 is 23.9 Å². The van der Waals surface area contributed by atoms with Gasteiger partial charge in [-0.1, -0.05) is 12.6 Å². The van der Waals surface area contributed by atoms with E-state index in [1.165, 1.54) is 6.07 Å². The van der Waals surface area contributed by atoms with E-state index < -0.39 is 40.8 Å². The van der Waals surface area contributed by atoms with Crippen LogP contribution in [0.5, 0.6) is 5.75 Å². The number of carboxylic acid groups (broad SMARTS) is 3. The summed E-state index contributed by atoms with van der Waals surface area (Å²) in [6.07, 6.45) is 0.782. The molecule has 0 spiro atoms. The van der Waals surface area contributed by atoms with E-state index >= 15 is 0 Å². The van der Waals surface area contributed by atoms with Crippen LogP contribution in [0, 0.1) is 0 Å². The van der Waals surface area contributed by atoms with Crippen LogP contribution in [0.15, 0.2) is 36.9 Å². The molecule has 2 rings (SSSR count). The number of hydrogen-bond acceptors (Lipinski definition) is 5. The van der Waals surface area contributed by atoms with Gasteiger partial charge in [-0.3, -0.25) is 0 Å². The van der Waals surface area contributed by atoms with Gasteiger partial charge in [-0.2, -0.15) is 0 Å². The third-order valence-corrected chi connectivity index (χ3v) is 3.16. The Balaban J connectivity index is 2.91. The lowest BCUT2D eigenvalue weighted by atomic mass is 9.96. The molecule has 0 aliphatic rings. The molecule has 0 bridgehead atoms. The second-order valence-electron chi connectivity index (χ2n) is 4.60. The van der Waals surface area contributed by atoms with Crippen molar-refractivity contribution in [3.05, 3.63) is 53.6 Å². The van der Waals surface area contributed by atoms with Crippen molar-refractivity contribution in [2.24, 2.45) is 0 Å². The molecule has 8 heteroatoms. The number of carboxylic acids is 3. The second-order valence-corrected chi connectivity index (χ2v) is 4.60. The SMILES string of the molecule is C=CC(=O)Oc1cc2cc(C(=O)O)ccc2c(C(=O)O)c1C(=O)O. The summed E-state index contributed by atoms with van der Waals surface area (Å²) in [6, 6.07) is 4.59. The van der Waals surface area contributed by atoms with Gasteiger partial charge in [0.1, 0.15) is 11.3 Å². The maximum atomic E-state index is 11.5. The van der Waals surface area contributed by atoms with Crippen LogP contribution in [-0.4, -0.2) is 39.2 Å². The highest BCUT2D eigenvalue weighted by Gasteiger charge is 2.26. The average molecular weight is 330 g/mol. The van der Waals surface area contributed by atoms with E-state index in [1.807, 2.05) is 0 Å². The molecule has 0 saturated heterocycles. The third kappa shape index (κ3) is 2.93. The van der Waals surface area contributed by atoms with Gasteiger partial charge in [0, 0.05) is 6.08 Å². The summed E-state index contributed by atoms with van der Waals surface area (Å²) in [7, 11) is 0. The summed E-state index contributed by atoms with van der Waals surface area (Å²) in [5.41, 5.74) is -1.46. The monoisotopic (exact) mass is 330 g/mol. The van der Waals surface area contributed by atoms with E-state index in [2.05, 4.69) is 6.58 Å². The second kappa shape index (κ2) is 6.21. The molecule has 0 radical (unpaired) electrons. The van der Waals surface area contributed by atoms with Gasteiger partial charge < -0.3 is 20.1 Å². The molecule has 0 fully saturated rings. The Morgan fingerprint density at radius 3 is 2.04 bits per heavy atom. The highest BCUT2D eigenvalue weighted by atomic mass is 16.5. The lowest BCUT2D eigenvalue weighted by Crippen LogP contribution is -2.14. The van der Waals surface area contributed by atoms with Gasteiger partial charge in [-0.05, 0) is 29.0 Å². The van der Waals surface area contributed by atoms with E-state index in [9.17, 15) is 29.4 Å². The first-order valence-corrected chi connectivity index (χ1v) is 6.41. The first kappa shape index (κ1) is 16.7. The van der Waals surface area contributed by atoms with Crippen LogP contribution in [0.25, 0.3) is 10.8 Å². The van der Waals surface area contributed by atoms with E-state index in [0.29, 0.717) is 0 Å². The topological polar surface area (TPSA) is 138 Å². The van der Waals surface area contributed by atoms with E-state index in [4.69, 9.17) is 9.84 Å². The van der Waals surface area contributed by atoms with Crippen molar-refractivity contribution in [2.75, 3.05) is 0 Å². The molecular formula is C16H10O8. The highest BCUT2D eigenvalue weighted by Crippen LogP contribution is 2.32. The smallest absolute Gasteiger partial charge is 0.340 e. The van der Waals surface area contributed by atoms with Gasteiger partial charge in [-0.25, -0.2) is 19.2 Å². The number of carbonyl (C=O) groups excluding carboxylic acids is 1. The summed E-state index contributed by atoms with van der Waals surface area (Å²) in [5.74, 6) is -5.91. The molecule has 2 aromatic rings. The predicted octanol–water partition coefficient (Wildman–Crippen LogP) is 2.03. The first-order valence-electron chi connectivity index (χ1n) is 6.41. The number of fused-ring (bicyclic) bond motifs is 1. The lowest BCUT2D eigenvalue weighted by Gasteiger charge is -2.12. The van der Waals surface area contributed by atoms with Crippen LogP contribution in [0.2, 0.25) is 0 Å². The summed E-state index contributed by atoms with van der Waals surface area (Å²) >= 11 is 0. The minimum atomic E-state index is -1.61. The summed E-state index contributed by atoms with van der Waals surface area (Å²) < 4.78 is 4.81. The summed E-state index contributed by atoms with van der Waals surface area (Å²) in [4.78, 5) is 45.4. The number of ether oxygens (including phenoxy) is 1. The zero-order chi connectivity index (χ0) is 18.0. The first-order chi connectivity index (χ1) is 11.3. The predicted molar refractivity (Wildman–Crippen MR) is 80.7 cm³/mol. The Labute approximate surface area is 134 Å². The normalized spacial score (nSPS) is 10.2. The Morgan fingerprint density at radius 2 is 1.54 bits per heavy atom. The molecule has 122 valence electrons. The molecular weight excluding hydrogens is 320 g/mol. The van der Waals surface area contributed by atoms with Gasteiger partial charge in [0.05, 0.1) is 11.1 Å². The number of rotatable bonds is 5. The number of aromatic carboxylic acids is 3. The van der Waals surface area contributed by atoms with Crippen molar-refractivity contribution < 1.29 is 39.2 Å². The number of hydrogen-bond donors (Lipinski definition) is 3. The molecule has 0 atom stereocenters. The van der Waals surface area contributed by atoms with Gasteiger partial charge in [0.15, 0.2) is 0 Å². The fourth-order valence-corrected chi connectivity index (χ4v) is 2.18. The number of esters is 1. The maximum Gasteiger partial charge on any atom is 0.340 e. The van der Waals surface area contributed by atoms with Crippen LogP contribution in [0.1, 0.15) is 31.1 Å². The molecule has 8 nitrogen and oxygen atoms in total. The summed E-state index contributed by atoms with van der Waals surface area (Å²) in [5, 5.41) is 27.8. The number of carbonyl (C=O) groups is 4. The van der Waals surface area contributed by atoms with Crippen molar-refractivity contribution in [3.63, 3.8) is 0 Å². The van der Waals surface area contributed by atoms with Crippen LogP contribution in [0.4, 0.5) is 0 Å². The van der Waals surface area contributed by atoms with Crippen molar-refractivity contribution in [2.45, 2.75) is 0 Å². The average Bonchev–Trinajstić information content (AvgIpc) is 2.52. The maximum absolute atomic E-state index is 11.5. The summed E-state index contributed by atoms with van der Waals surface area (Å²) in [6.45, 7) is 3.17. The Hall–Kier alpha value is -3.68. The molecule has 0 aliphatic carbocycles. The quantitative estimate of drug-likeness (QED) is 0.430. The number of benzene rings is 2. The van der Waals surface area contributed by atoms with E-state index in [0.717, 1.165) is 24.3 Å². The van der Waals surface area contributed by atoms with Crippen molar-refractivity contribution in [3.8, 4) is 5.75 Å². The molecule has 0 saturated carbocycles. The van der Waals surface area contributed by atoms with Crippen LogP contribution in [0.3, 0.4) is 0 Å². The van der Waals surface area contributed by atoms with E-state index in [1.54, 1.807) is 0 Å². The molecule has 2 aromatic carbocycles.